The molecule has 0 amide bonds. The lowest BCUT2D eigenvalue weighted by Crippen LogP contribution is -1.95. The van der Waals surface area contributed by atoms with Crippen LogP contribution in [0, 0.1) is 12.3 Å². The third-order valence-electron chi connectivity index (χ3n) is 1.71. The van der Waals surface area contributed by atoms with Gasteiger partial charge in [0.05, 0.1) is 0 Å². The monoisotopic (exact) mass is 166 g/mol. The highest BCUT2D eigenvalue weighted by Crippen LogP contribution is 2.02. The second kappa shape index (κ2) is 8.36. The summed E-state index contributed by atoms with van der Waals surface area (Å²) in [7, 11) is 0. The first-order valence-corrected chi connectivity index (χ1v) is 4.62. The molecule has 0 fully saturated rings. The van der Waals surface area contributed by atoms with Crippen LogP contribution in [0.25, 0.3) is 0 Å². The first-order chi connectivity index (χ1) is 5.81. The van der Waals surface area contributed by atoms with Gasteiger partial charge in [-0.15, -0.1) is 6.42 Å². The number of hydrogen-bond acceptors (Lipinski definition) is 1. The molecule has 68 valence electrons. The topological polar surface area (TPSA) is 20.2 Å². The number of terminal acetylenes is 1. The summed E-state index contributed by atoms with van der Waals surface area (Å²) in [6, 6.07) is 0. The van der Waals surface area contributed by atoms with Crippen LogP contribution in [0.3, 0.4) is 0 Å². The van der Waals surface area contributed by atoms with Crippen molar-refractivity contribution in [3.05, 3.63) is 12.2 Å². The number of rotatable bonds is 6. The van der Waals surface area contributed by atoms with E-state index in [1.165, 1.54) is 25.7 Å². The predicted octanol–water partition coefficient (Wildman–Crippen LogP) is 2.51. The van der Waals surface area contributed by atoms with Crippen molar-refractivity contribution in [1.29, 1.82) is 0 Å². The molecule has 0 aromatic heterocycles. The zero-order chi connectivity index (χ0) is 9.23. The van der Waals surface area contributed by atoms with Crippen LogP contribution in [0.4, 0.5) is 0 Å². The highest BCUT2D eigenvalue weighted by molar-refractivity contribution is 5.05. The largest absolute Gasteiger partial charge is 0.377 e. The van der Waals surface area contributed by atoms with Crippen molar-refractivity contribution in [1.82, 2.24) is 0 Å². The Hall–Kier alpha value is -0.740. The molecular formula is C11H18O. The predicted molar refractivity (Wildman–Crippen MR) is 52.7 cm³/mol. The summed E-state index contributed by atoms with van der Waals surface area (Å²) in [5, 5.41) is 8.94. The third-order valence-corrected chi connectivity index (χ3v) is 1.71. The summed E-state index contributed by atoms with van der Waals surface area (Å²) in [4.78, 5) is 0. The second-order valence-electron chi connectivity index (χ2n) is 2.89. The average Bonchev–Trinajstić information content (AvgIpc) is 2.10. The van der Waals surface area contributed by atoms with E-state index >= 15 is 0 Å². The maximum absolute atomic E-state index is 8.94. The van der Waals surface area contributed by atoms with E-state index in [1.54, 1.807) is 6.08 Å². The maximum Gasteiger partial charge on any atom is 0.133 e. The van der Waals surface area contributed by atoms with Gasteiger partial charge in [0.15, 0.2) is 0 Å². The standard InChI is InChI=1S/C11H18O/c1-3-5-6-7-8-9-10-11(12)4-2/h2,9-12H,3,5-8H2,1H3/b10-9+. The molecule has 0 aromatic carbocycles. The molecule has 0 radical (unpaired) electrons. The van der Waals surface area contributed by atoms with E-state index in [2.05, 4.69) is 12.8 Å². The molecule has 0 spiro atoms. The summed E-state index contributed by atoms with van der Waals surface area (Å²) < 4.78 is 0. The normalized spacial score (nSPS) is 13.1. The Kier molecular flexibility index (Phi) is 7.84. The van der Waals surface area contributed by atoms with Gasteiger partial charge in [-0.1, -0.05) is 38.2 Å². The number of hydrogen-bond donors (Lipinski definition) is 1. The van der Waals surface area contributed by atoms with Gasteiger partial charge in [-0.3, -0.25) is 0 Å². The van der Waals surface area contributed by atoms with Crippen LogP contribution in [-0.4, -0.2) is 11.2 Å². The van der Waals surface area contributed by atoms with Gasteiger partial charge >= 0.3 is 0 Å². The Morgan fingerprint density at radius 3 is 2.75 bits per heavy atom. The van der Waals surface area contributed by atoms with Crippen LogP contribution in [0.2, 0.25) is 0 Å². The van der Waals surface area contributed by atoms with Gasteiger partial charge in [0, 0.05) is 0 Å². The Labute approximate surface area is 75.5 Å². The van der Waals surface area contributed by atoms with Crippen molar-refractivity contribution in [2.75, 3.05) is 0 Å². The first kappa shape index (κ1) is 11.3. The van der Waals surface area contributed by atoms with Crippen LogP contribution in [0.1, 0.15) is 39.0 Å². The average molecular weight is 166 g/mol. The molecule has 12 heavy (non-hydrogen) atoms. The smallest absolute Gasteiger partial charge is 0.133 e. The number of unbranched alkanes of at least 4 members (excludes halogenated alkanes) is 4. The van der Waals surface area contributed by atoms with Gasteiger partial charge in [-0.2, -0.15) is 0 Å². The summed E-state index contributed by atoms with van der Waals surface area (Å²) in [6.45, 7) is 2.19. The van der Waals surface area contributed by atoms with E-state index < -0.39 is 6.10 Å². The Morgan fingerprint density at radius 2 is 2.17 bits per heavy atom. The van der Waals surface area contributed by atoms with Crippen LogP contribution < -0.4 is 0 Å². The summed E-state index contributed by atoms with van der Waals surface area (Å²) in [5.41, 5.74) is 0. The molecule has 0 saturated carbocycles. The molecule has 0 saturated heterocycles. The van der Waals surface area contributed by atoms with Crippen molar-refractivity contribution < 1.29 is 5.11 Å². The zero-order valence-electron chi connectivity index (χ0n) is 7.79. The fourth-order valence-electron chi connectivity index (χ4n) is 0.970. The maximum atomic E-state index is 8.94. The lowest BCUT2D eigenvalue weighted by molar-refractivity contribution is 0.280. The Balaban J connectivity index is 3.20. The molecule has 1 heteroatoms. The lowest BCUT2D eigenvalue weighted by atomic mass is 10.1. The molecule has 0 aliphatic heterocycles. The minimum absolute atomic E-state index is 0.698. The van der Waals surface area contributed by atoms with Gasteiger partial charge < -0.3 is 5.11 Å². The molecular weight excluding hydrogens is 148 g/mol. The highest BCUT2D eigenvalue weighted by Gasteiger charge is 1.88. The molecule has 0 aromatic rings. The Morgan fingerprint density at radius 1 is 1.42 bits per heavy atom. The summed E-state index contributed by atoms with van der Waals surface area (Å²) in [6.07, 6.45) is 14.0. The fourth-order valence-corrected chi connectivity index (χ4v) is 0.970. The fraction of sp³-hybridized carbons (Fsp3) is 0.636. The molecule has 1 unspecified atom stereocenters. The van der Waals surface area contributed by atoms with E-state index in [1.807, 2.05) is 6.08 Å². The van der Waals surface area contributed by atoms with Crippen LogP contribution in [0.15, 0.2) is 12.2 Å². The Bertz CT molecular complexity index is 153. The van der Waals surface area contributed by atoms with Crippen molar-refractivity contribution in [2.45, 2.75) is 45.1 Å². The van der Waals surface area contributed by atoms with Crippen LogP contribution >= 0.6 is 0 Å². The van der Waals surface area contributed by atoms with Gasteiger partial charge in [-0.05, 0) is 18.9 Å². The molecule has 0 rings (SSSR count). The highest BCUT2D eigenvalue weighted by atomic mass is 16.3. The van der Waals surface area contributed by atoms with Gasteiger partial charge in [-0.25, -0.2) is 0 Å². The molecule has 1 N–H and O–H groups in total. The van der Waals surface area contributed by atoms with Crippen molar-refractivity contribution in [3.63, 3.8) is 0 Å². The molecule has 0 aliphatic rings. The SMILES string of the molecule is C#CC(O)/C=C/CCCCCC. The summed E-state index contributed by atoms with van der Waals surface area (Å²) >= 11 is 0. The van der Waals surface area contributed by atoms with Crippen molar-refractivity contribution in [3.8, 4) is 12.3 Å². The quantitative estimate of drug-likeness (QED) is 0.365. The minimum Gasteiger partial charge on any atom is -0.377 e. The first-order valence-electron chi connectivity index (χ1n) is 4.62. The second-order valence-corrected chi connectivity index (χ2v) is 2.89. The number of aliphatic hydroxyl groups is 1. The molecule has 1 nitrogen and oxygen atoms in total. The molecule has 0 aliphatic carbocycles. The minimum atomic E-state index is -0.698. The number of aliphatic hydroxyl groups excluding tert-OH is 1. The molecule has 1 atom stereocenters. The van der Waals surface area contributed by atoms with Crippen LogP contribution in [0.5, 0.6) is 0 Å². The summed E-state index contributed by atoms with van der Waals surface area (Å²) in [5.74, 6) is 2.24. The van der Waals surface area contributed by atoms with Gasteiger partial charge in [0.1, 0.15) is 6.10 Å². The van der Waals surface area contributed by atoms with Crippen molar-refractivity contribution in [2.24, 2.45) is 0 Å². The van der Waals surface area contributed by atoms with E-state index in [-0.39, 0.29) is 0 Å². The van der Waals surface area contributed by atoms with Crippen molar-refractivity contribution >= 4 is 0 Å². The molecule has 0 heterocycles. The van der Waals surface area contributed by atoms with Crippen LogP contribution in [-0.2, 0) is 0 Å². The van der Waals surface area contributed by atoms with E-state index in [0.29, 0.717) is 0 Å². The third kappa shape index (κ3) is 7.37. The lowest BCUT2D eigenvalue weighted by Gasteiger charge is -1.95. The number of allylic oxidation sites excluding steroid dienone is 1. The van der Waals surface area contributed by atoms with E-state index in [9.17, 15) is 0 Å². The van der Waals surface area contributed by atoms with Gasteiger partial charge in [0.2, 0.25) is 0 Å². The van der Waals surface area contributed by atoms with Gasteiger partial charge in [0.25, 0.3) is 0 Å². The molecule has 0 bridgehead atoms. The zero-order valence-corrected chi connectivity index (χ0v) is 7.79. The van der Waals surface area contributed by atoms with E-state index in [0.717, 1.165) is 6.42 Å². The van der Waals surface area contributed by atoms with E-state index in [4.69, 9.17) is 11.5 Å².